The van der Waals surface area contributed by atoms with Crippen molar-refractivity contribution in [2.45, 2.75) is 0 Å². The highest BCUT2D eigenvalue weighted by Gasteiger charge is 2.28. The molecule has 13 heavy (non-hydrogen) atoms. The van der Waals surface area contributed by atoms with Crippen molar-refractivity contribution in [1.82, 2.24) is 0 Å². The van der Waals surface area contributed by atoms with E-state index in [9.17, 15) is 0 Å². The Morgan fingerprint density at radius 3 is 1.38 bits per heavy atom. The molecular formula is C12H9B. The zero-order valence-electron chi connectivity index (χ0n) is 7.27. The first-order valence-corrected chi connectivity index (χ1v) is 4.60. The summed E-state index contributed by atoms with van der Waals surface area (Å²) < 4.78 is 0. The lowest BCUT2D eigenvalue weighted by Gasteiger charge is -2.24. The molecule has 3 heterocycles. The molecule has 0 saturated heterocycles. The van der Waals surface area contributed by atoms with Crippen LogP contribution in [0.1, 0.15) is 0 Å². The van der Waals surface area contributed by atoms with E-state index in [4.69, 9.17) is 0 Å². The molecule has 0 radical (unpaired) electrons. The molecule has 60 valence electrons. The molecule has 0 fully saturated rings. The van der Waals surface area contributed by atoms with Crippen LogP contribution in [0.15, 0.2) is 71.1 Å². The minimum Gasteiger partial charge on any atom is -0.0687 e. The summed E-state index contributed by atoms with van der Waals surface area (Å²) >= 11 is 0. The van der Waals surface area contributed by atoms with Crippen LogP contribution < -0.4 is 0 Å². The van der Waals surface area contributed by atoms with Gasteiger partial charge in [-0.2, -0.15) is 0 Å². The van der Waals surface area contributed by atoms with Crippen LogP contribution in [0, 0.1) is 0 Å². The van der Waals surface area contributed by atoms with E-state index in [1.807, 2.05) is 0 Å². The molecule has 0 spiro atoms. The molecule has 1 heteroatoms. The van der Waals surface area contributed by atoms with Crippen molar-refractivity contribution in [3.63, 3.8) is 0 Å². The maximum atomic E-state index is 2.20. The fourth-order valence-corrected chi connectivity index (χ4v) is 2.13. The Bertz CT molecular complexity index is 361. The van der Waals surface area contributed by atoms with Crippen LogP contribution in [0.2, 0.25) is 0 Å². The average molecular weight is 164 g/mol. The Morgan fingerprint density at radius 1 is 0.615 bits per heavy atom. The smallest absolute Gasteiger partial charge is 0.0687 e. The zero-order valence-corrected chi connectivity index (χ0v) is 7.27. The molecule has 0 aromatic heterocycles. The molecule has 0 saturated carbocycles. The lowest BCUT2D eigenvalue weighted by atomic mass is 9.32. The van der Waals surface area contributed by atoms with E-state index in [1.165, 1.54) is 16.4 Å². The highest BCUT2D eigenvalue weighted by molar-refractivity contribution is 6.83. The van der Waals surface area contributed by atoms with Gasteiger partial charge in [0.25, 0.3) is 0 Å². The summed E-state index contributed by atoms with van der Waals surface area (Å²) in [6, 6.07) is 0. The van der Waals surface area contributed by atoms with Crippen LogP contribution in [0.3, 0.4) is 0 Å². The highest BCUT2D eigenvalue weighted by atomic mass is 14.1. The third-order valence-electron chi connectivity index (χ3n) is 2.73. The minimum absolute atomic E-state index is 0.514. The van der Waals surface area contributed by atoms with Gasteiger partial charge in [-0.1, -0.05) is 71.1 Å². The lowest BCUT2D eigenvalue weighted by Crippen LogP contribution is -2.26. The second-order valence-corrected chi connectivity index (χ2v) is 3.51. The zero-order chi connectivity index (χ0) is 8.67. The summed E-state index contributed by atoms with van der Waals surface area (Å²) in [6.07, 6.45) is 19.6. The van der Waals surface area contributed by atoms with Gasteiger partial charge in [0.1, 0.15) is 0 Å². The van der Waals surface area contributed by atoms with E-state index < -0.39 is 0 Å². The van der Waals surface area contributed by atoms with Gasteiger partial charge >= 0.3 is 0 Å². The molecule has 0 aliphatic carbocycles. The molecule has 0 atom stereocenters. The highest BCUT2D eigenvalue weighted by Crippen LogP contribution is 2.30. The Balaban J connectivity index is 2.23. The third-order valence-corrected chi connectivity index (χ3v) is 2.73. The largest absolute Gasteiger partial charge is 0.241 e. The van der Waals surface area contributed by atoms with Gasteiger partial charge in [-0.15, -0.1) is 0 Å². The monoisotopic (exact) mass is 164 g/mol. The maximum Gasteiger partial charge on any atom is 0.241 e. The average Bonchev–Trinajstić information content (AvgIpc) is 2.19. The van der Waals surface area contributed by atoms with Crippen LogP contribution in [-0.4, -0.2) is 6.71 Å². The van der Waals surface area contributed by atoms with E-state index in [0.717, 1.165) is 0 Å². The maximum absolute atomic E-state index is 2.20. The van der Waals surface area contributed by atoms with Crippen molar-refractivity contribution in [2.24, 2.45) is 0 Å². The van der Waals surface area contributed by atoms with Crippen molar-refractivity contribution < 1.29 is 0 Å². The van der Waals surface area contributed by atoms with E-state index >= 15 is 0 Å². The molecule has 0 aromatic rings. The van der Waals surface area contributed by atoms with Crippen molar-refractivity contribution in [3.05, 3.63) is 71.1 Å². The molecular weight excluding hydrogens is 155 g/mol. The Labute approximate surface area is 78.4 Å². The van der Waals surface area contributed by atoms with Gasteiger partial charge in [0.15, 0.2) is 0 Å². The number of allylic oxidation sites excluding steroid dienone is 12. The predicted molar refractivity (Wildman–Crippen MR) is 57.4 cm³/mol. The first-order valence-electron chi connectivity index (χ1n) is 4.60. The van der Waals surface area contributed by atoms with Crippen LogP contribution in [0.4, 0.5) is 0 Å². The molecule has 3 aliphatic heterocycles. The molecule has 0 unspecified atom stereocenters. The van der Waals surface area contributed by atoms with E-state index in [1.54, 1.807) is 0 Å². The van der Waals surface area contributed by atoms with Crippen LogP contribution in [-0.2, 0) is 0 Å². The van der Waals surface area contributed by atoms with Crippen molar-refractivity contribution in [1.29, 1.82) is 0 Å². The van der Waals surface area contributed by atoms with Gasteiger partial charge in [-0.25, -0.2) is 0 Å². The molecule has 0 nitrogen and oxygen atoms in total. The second-order valence-electron chi connectivity index (χ2n) is 3.51. The normalized spacial score (nSPS) is 22.2. The van der Waals surface area contributed by atoms with Crippen molar-refractivity contribution in [3.8, 4) is 0 Å². The summed E-state index contributed by atoms with van der Waals surface area (Å²) in [6.45, 7) is 0.514. The number of hydrogen-bond donors (Lipinski definition) is 0. The third kappa shape index (κ3) is 0.935. The first-order chi connectivity index (χ1) is 6.45. The predicted octanol–water partition coefficient (Wildman–Crippen LogP) is 2.59. The van der Waals surface area contributed by atoms with Gasteiger partial charge in [0.2, 0.25) is 6.71 Å². The minimum atomic E-state index is 0.514. The second kappa shape index (κ2) is 2.49. The quantitative estimate of drug-likeness (QED) is 0.482. The molecule has 0 amide bonds. The number of rotatable bonds is 0. The summed E-state index contributed by atoms with van der Waals surface area (Å²) in [5.74, 6) is 0. The SMILES string of the molecule is C1=CC2=CC=CC3=CC=CC(=C1)B23. The van der Waals surface area contributed by atoms with Gasteiger partial charge in [0.05, 0.1) is 0 Å². The lowest BCUT2D eigenvalue weighted by molar-refractivity contribution is 1.57. The van der Waals surface area contributed by atoms with Crippen molar-refractivity contribution in [2.75, 3.05) is 0 Å². The fourth-order valence-electron chi connectivity index (χ4n) is 2.13. The van der Waals surface area contributed by atoms with Crippen LogP contribution >= 0.6 is 0 Å². The molecule has 0 N–H and O–H groups in total. The van der Waals surface area contributed by atoms with E-state index in [0.29, 0.717) is 6.71 Å². The van der Waals surface area contributed by atoms with E-state index in [2.05, 4.69) is 54.7 Å². The summed E-state index contributed by atoms with van der Waals surface area (Å²) in [7, 11) is 0. The molecule has 3 rings (SSSR count). The Morgan fingerprint density at radius 2 is 1.00 bits per heavy atom. The first kappa shape index (κ1) is 6.96. The van der Waals surface area contributed by atoms with Gasteiger partial charge in [-0.05, 0) is 0 Å². The Kier molecular flexibility index (Phi) is 1.34. The standard InChI is InChI=1S/C12H9B/c1-4-10-6-2-8-12-9-3-7-11(5-1)13(10)12/h1-9H. The van der Waals surface area contributed by atoms with Gasteiger partial charge < -0.3 is 0 Å². The summed E-state index contributed by atoms with van der Waals surface area (Å²) in [4.78, 5) is 0. The Hall–Kier alpha value is -1.50. The molecule has 0 bridgehead atoms. The molecule has 0 aromatic carbocycles. The van der Waals surface area contributed by atoms with Gasteiger partial charge in [-0.3, -0.25) is 0 Å². The number of hydrogen-bond acceptors (Lipinski definition) is 0. The summed E-state index contributed by atoms with van der Waals surface area (Å²) in [5.41, 5.74) is 4.24. The van der Waals surface area contributed by atoms with Gasteiger partial charge in [0, 0.05) is 0 Å². The van der Waals surface area contributed by atoms with Crippen molar-refractivity contribution >= 4 is 6.71 Å². The fraction of sp³-hybridized carbons (Fsp3) is 0. The van der Waals surface area contributed by atoms with Crippen LogP contribution in [0.25, 0.3) is 0 Å². The summed E-state index contributed by atoms with van der Waals surface area (Å²) in [5, 5.41) is 0. The van der Waals surface area contributed by atoms with E-state index in [-0.39, 0.29) is 0 Å². The molecule has 3 aliphatic rings. The topological polar surface area (TPSA) is 0 Å². The van der Waals surface area contributed by atoms with Crippen LogP contribution in [0.5, 0.6) is 0 Å².